The van der Waals surface area contributed by atoms with Gasteiger partial charge in [-0.05, 0) is 26.3 Å². The molecule has 144 valence electrons. The van der Waals surface area contributed by atoms with Crippen molar-refractivity contribution in [3.05, 3.63) is 58.4 Å². The summed E-state index contributed by atoms with van der Waals surface area (Å²) < 4.78 is 5.41. The molecule has 0 saturated heterocycles. The molecule has 0 unspecified atom stereocenters. The summed E-state index contributed by atoms with van der Waals surface area (Å²) in [7, 11) is 1.37. The van der Waals surface area contributed by atoms with E-state index < -0.39 is 30.1 Å². The van der Waals surface area contributed by atoms with Crippen LogP contribution in [0.4, 0.5) is 4.79 Å². The number of urea groups is 1. The van der Waals surface area contributed by atoms with Crippen molar-refractivity contribution in [2.24, 2.45) is 0 Å². The molecular formula is C19H23N3O5. The maximum atomic E-state index is 12.7. The molecule has 0 spiro atoms. The molecule has 8 nitrogen and oxygen atoms in total. The molecule has 8 heteroatoms. The van der Waals surface area contributed by atoms with E-state index in [9.17, 15) is 19.5 Å². The standard InChI is InChI=1S/C19H23N3O5/c1-10-14(12(3)23)11(2)21-15(10)18(25)27-16(13-8-6-5-7-9-13)17(24)22-19(26)20-4/h5-9,12,16,21,23H,1-4H3,(H2,20,22,24,26)/t12-,16-/m1/s1. The zero-order chi connectivity index (χ0) is 20.1. The molecule has 3 amide bonds. The molecule has 1 heterocycles. The molecule has 0 fully saturated rings. The number of ether oxygens (including phenoxy) is 1. The van der Waals surface area contributed by atoms with Crippen molar-refractivity contribution in [3.63, 3.8) is 0 Å². The molecule has 2 aromatic rings. The number of hydrogen-bond donors (Lipinski definition) is 4. The van der Waals surface area contributed by atoms with Crippen LogP contribution in [0.3, 0.4) is 0 Å². The van der Waals surface area contributed by atoms with E-state index in [0.717, 1.165) is 0 Å². The second-order valence-electron chi connectivity index (χ2n) is 6.10. The second kappa shape index (κ2) is 8.50. The van der Waals surface area contributed by atoms with Gasteiger partial charge in [0.1, 0.15) is 5.69 Å². The Morgan fingerprint density at radius 1 is 1.15 bits per heavy atom. The monoisotopic (exact) mass is 373 g/mol. The average molecular weight is 373 g/mol. The number of hydrogen-bond acceptors (Lipinski definition) is 5. The first kappa shape index (κ1) is 20.2. The van der Waals surface area contributed by atoms with Gasteiger partial charge < -0.3 is 20.1 Å². The Morgan fingerprint density at radius 2 is 1.78 bits per heavy atom. The van der Waals surface area contributed by atoms with E-state index >= 15 is 0 Å². The van der Waals surface area contributed by atoms with Crippen LogP contribution < -0.4 is 10.6 Å². The molecule has 27 heavy (non-hydrogen) atoms. The predicted molar refractivity (Wildman–Crippen MR) is 98.1 cm³/mol. The van der Waals surface area contributed by atoms with E-state index in [-0.39, 0.29) is 5.69 Å². The van der Waals surface area contributed by atoms with Crippen molar-refractivity contribution >= 4 is 17.9 Å². The number of aryl methyl sites for hydroxylation is 1. The molecule has 0 saturated carbocycles. The van der Waals surface area contributed by atoms with E-state index in [0.29, 0.717) is 22.4 Å². The Bertz CT molecular complexity index is 843. The number of imide groups is 1. The first-order valence-corrected chi connectivity index (χ1v) is 8.41. The third-order valence-electron chi connectivity index (χ3n) is 4.15. The minimum atomic E-state index is -1.31. The summed E-state index contributed by atoms with van der Waals surface area (Å²) in [5, 5.41) is 14.3. The maximum Gasteiger partial charge on any atom is 0.356 e. The molecule has 0 bridgehead atoms. The van der Waals surface area contributed by atoms with Crippen molar-refractivity contribution in [1.29, 1.82) is 0 Å². The maximum absolute atomic E-state index is 12.7. The number of H-pyrrole nitrogens is 1. The number of aromatic amines is 1. The molecule has 0 aliphatic carbocycles. The number of esters is 1. The average Bonchev–Trinajstić information content (AvgIpc) is 2.94. The first-order valence-electron chi connectivity index (χ1n) is 8.41. The number of aromatic nitrogens is 1. The van der Waals surface area contributed by atoms with Crippen molar-refractivity contribution in [1.82, 2.24) is 15.6 Å². The Hall–Kier alpha value is -3.13. The number of amides is 3. The molecule has 0 aliphatic heterocycles. The lowest BCUT2D eigenvalue weighted by Gasteiger charge is -2.17. The van der Waals surface area contributed by atoms with Crippen molar-refractivity contribution in [2.45, 2.75) is 33.0 Å². The number of nitrogens with one attached hydrogen (secondary N) is 3. The summed E-state index contributed by atoms with van der Waals surface area (Å²) in [6.07, 6.45) is -2.07. The number of benzene rings is 1. The van der Waals surface area contributed by atoms with Gasteiger partial charge in [-0.25, -0.2) is 9.59 Å². The fourth-order valence-corrected chi connectivity index (χ4v) is 2.90. The SMILES string of the molecule is CNC(=O)NC(=O)[C@H](OC(=O)c1[nH]c(C)c([C@@H](C)O)c1C)c1ccccc1. The zero-order valence-electron chi connectivity index (χ0n) is 15.6. The van der Waals surface area contributed by atoms with Crippen LogP contribution in [0.1, 0.15) is 52.0 Å². The van der Waals surface area contributed by atoms with Gasteiger partial charge in [0.05, 0.1) is 6.10 Å². The summed E-state index contributed by atoms with van der Waals surface area (Å²) in [5.74, 6) is -1.53. The van der Waals surface area contributed by atoms with Crippen molar-refractivity contribution in [2.75, 3.05) is 7.05 Å². The van der Waals surface area contributed by atoms with Gasteiger partial charge in [-0.15, -0.1) is 0 Å². The van der Waals surface area contributed by atoms with E-state index in [2.05, 4.69) is 15.6 Å². The van der Waals surface area contributed by atoms with Crippen LogP contribution >= 0.6 is 0 Å². The fourth-order valence-electron chi connectivity index (χ4n) is 2.90. The minimum absolute atomic E-state index is 0.150. The molecule has 1 aromatic heterocycles. The van der Waals surface area contributed by atoms with Crippen LogP contribution in [0.5, 0.6) is 0 Å². The van der Waals surface area contributed by atoms with Gasteiger partial charge in [-0.3, -0.25) is 10.1 Å². The molecule has 0 radical (unpaired) electrons. The highest BCUT2D eigenvalue weighted by molar-refractivity contribution is 5.99. The number of carbonyl (C=O) groups is 3. The van der Waals surface area contributed by atoms with Crippen LogP contribution in [-0.4, -0.2) is 35.0 Å². The quantitative estimate of drug-likeness (QED) is 0.598. The lowest BCUT2D eigenvalue weighted by atomic mass is 10.1. The van der Waals surface area contributed by atoms with Crippen molar-refractivity contribution in [3.8, 4) is 0 Å². The third-order valence-corrected chi connectivity index (χ3v) is 4.15. The van der Waals surface area contributed by atoms with Gasteiger partial charge in [0.25, 0.3) is 5.91 Å². The Morgan fingerprint density at radius 3 is 2.30 bits per heavy atom. The third kappa shape index (κ3) is 4.53. The Kier molecular flexibility index (Phi) is 6.36. The van der Waals surface area contributed by atoms with E-state index in [1.807, 2.05) is 0 Å². The highest BCUT2D eigenvalue weighted by Gasteiger charge is 2.29. The summed E-state index contributed by atoms with van der Waals surface area (Å²) >= 11 is 0. The largest absolute Gasteiger partial charge is 0.443 e. The summed E-state index contributed by atoms with van der Waals surface area (Å²) in [4.78, 5) is 39.5. The molecule has 1 aromatic carbocycles. The van der Waals surface area contributed by atoms with E-state index in [4.69, 9.17) is 4.74 Å². The van der Waals surface area contributed by atoms with Crippen LogP contribution in [0, 0.1) is 13.8 Å². The molecule has 2 rings (SSSR count). The molecule has 2 atom stereocenters. The van der Waals surface area contributed by atoms with E-state index in [1.54, 1.807) is 51.1 Å². The lowest BCUT2D eigenvalue weighted by molar-refractivity contribution is -0.129. The topological polar surface area (TPSA) is 121 Å². The van der Waals surface area contributed by atoms with Gasteiger partial charge in [0.2, 0.25) is 6.10 Å². The second-order valence-corrected chi connectivity index (χ2v) is 6.10. The highest BCUT2D eigenvalue weighted by Crippen LogP contribution is 2.27. The zero-order valence-corrected chi connectivity index (χ0v) is 15.6. The summed E-state index contributed by atoms with van der Waals surface area (Å²) in [5.41, 5.74) is 2.36. The van der Waals surface area contributed by atoms with Gasteiger partial charge in [0, 0.05) is 23.9 Å². The molecule has 0 aliphatic rings. The van der Waals surface area contributed by atoms with Gasteiger partial charge in [-0.2, -0.15) is 0 Å². The number of carbonyl (C=O) groups excluding carboxylic acids is 3. The lowest BCUT2D eigenvalue weighted by Crippen LogP contribution is -2.41. The van der Waals surface area contributed by atoms with Gasteiger partial charge in [0.15, 0.2) is 0 Å². The molecular weight excluding hydrogens is 350 g/mol. The van der Waals surface area contributed by atoms with Crippen LogP contribution in [0.15, 0.2) is 30.3 Å². The number of aliphatic hydroxyl groups is 1. The van der Waals surface area contributed by atoms with E-state index in [1.165, 1.54) is 7.05 Å². The smallest absolute Gasteiger partial charge is 0.356 e. The number of aliphatic hydroxyl groups excluding tert-OH is 1. The summed E-state index contributed by atoms with van der Waals surface area (Å²) in [6.45, 7) is 5.02. The van der Waals surface area contributed by atoms with Crippen LogP contribution in [-0.2, 0) is 9.53 Å². The number of rotatable bonds is 5. The normalized spacial score (nSPS) is 12.8. The first-order chi connectivity index (χ1) is 12.8. The Balaban J connectivity index is 2.33. The predicted octanol–water partition coefficient (Wildman–Crippen LogP) is 2.04. The minimum Gasteiger partial charge on any atom is -0.443 e. The van der Waals surface area contributed by atoms with Crippen molar-refractivity contribution < 1.29 is 24.2 Å². The van der Waals surface area contributed by atoms with Gasteiger partial charge in [-0.1, -0.05) is 30.3 Å². The van der Waals surface area contributed by atoms with Gasteiger partial charge >= 0.3 is 12.0 Å². The highest BCUT2D eigenvalue weighted by atomic mass is 16.5. The molecule has 4 N–H and O–H groups in total. The fraction of sp³-hybridized carbons (Fsp3) is 0.316. The van der Waals surface area contributed by atoms with Crippen LogP contribution in [0.2, 0.25) is 0 Å². The van der Waals surface area contributed by atoms with Crippen LogP contribution in [0.25, 0.3) is 0 Å². The summed E-state index contributed by atoms with van der Waals surface area (Å²) in [6, 6.07) is 7.68. The Labute approximate surface area is 156 Å².